The normalized spacial score (nSPS) is 12.3. The van der Waals surface area contributed by atoms with E-state index in [1.165, 1.54) is 6.92 Å². The Balaban J connectivity index is 2.22. The first-order valence-electron chi connectivity index (χ1n) is 7.48. The topological polar surface area (TPSA) is 68.0 Å². The lowest BCUT2D eigenvalue weighted by Gasteiger charge is -2.22. The molecular formula is C17H22ClN3O2. The third-order valence-corrected chi connectivity index (χ3v) is 3.82. The predicted molar refractivity (Wildman–Crippen MR) is 89.3 cm³/mol. The number of hydrogen-bond acceptors (Lipinski definition) is 4. The average molecular weight is 336 g/mol. The van der Waals surface area contributed by atoms with Gasteiger partial charge in [0.05, 0.1) is 5.54 Å². The van der Waals surface area contributed by atoms with Gasteiger partial charge in [0.1, 0.15) is 0 Å². The van der Waals surface area contributed by atoms with E-state index in [0.717, 1.165) is 12.0 Å². The molecule has 1 heterocycles. The van der Waals surface area contributed by atoms with Gasteiger partial charge in [0.25, 0.3) is 0 Å². The van der Waals surface area contributed by atoms with Crippen molar-refractivity contribution in [2.45, 2.75) is 52.0 Å². The Morgan fingerprint density at radius 3 is 2.61 bits per heavy atom. The van der Waals surface area contributed by atoms with Crippen LogP contribution >= 0.6 is 11.6 Å². The van der Waals surface area contributed by atoms with Crippen molar-refractivity contribution < 1.29 is 9.32 Å². The molecule has 0 radical (unpaired) electrons. The van der Waals surface area contributed by atoms with E-state index in [9.17, 15) is 4.79 Å². The highest BCUT2D eigenvalue weighted by Gasteiger charge is 2.33. The van der Waals surface area contributed by atoms with E-state index in [2.05, 4.69) is 15.5 Å². The first kappa shape index (κ1) is 17.5. The molecule has 1 aromatic heterocycles. The van der Waals surface area contributed by atoms with Crippen LogP contribution in [0.15, 0.2) is 28.8 Å². The van der Waals surface area contributed by atoms with Crippen LogP contribution in [0, 0.1) is 0 Å². The monoisotopic (exact) mass is 335 g/mol. The maximum Gasteiger partial charge on any atom is 0.232 e. The summed E-state index contributed by atoms with van der Waals surface area (Å²) in [4.78, 5) is 15.8. The zero-order valence-corrected chi connectivity index (χ0v) is 14.9. The van der Waals surface area contributed by atoms with Crippen molar-refractivity contribution in [3.8, 4) is 0 Å². The highest BCUT2D eigenvalue weighted by molar-refractivity contribution is 6.30. The molecule has 1 aromatic carbocycles. The van der Waals surface area contributed by atoms with Gasteiger partial charge in [-0.15, -0.1) is 0 Å². The van der Waals surface area contributed by atoms with Crippen molar-refractivity contribution >= 4 is 17.5 Å². The number of aromatic nitrogens is 2. The fraction of sp³-hybridized carbons (Fsp3) is 0.471. The van der Waals surface area contributed by atoms with Crippen molar-refractivity contribution in [1.82, 2.24) is 15.5 Å². The van der Waals surface area contributed by atoms with Crippen LogP contribution in [0.5, 0.6) is 0 Å². The van der Waals surface area contributed by atoms with Gasteiger partial charge in [0, 0.05) is 17.4 Å². The highest BCUT2D eigenvalue weighted by Crippen LogP contribution is 2.29. The standard InChI is InChI=1S/C17H22ClN3O2/c1-11(22)20-17(4,5)14-19-15(23-21-14)16(2,3)10-12-7-6-8-13(18)9-12/h6-9H,10H2,1-5H3,(H,20,22). The quantitative estimate of drug-likeness (QED) is 0.906. The van der Waals surface area contributed by atoms with Gasteiger partial charge >= 0.3 is 0 Å². The van der Waals surface area contributed by atoms with Crippen molar-refractivity contribution in [1.29, 1.82) is 0 Å². The van der Waals surface area contributed by atoms with Gasteiger partial charge in [0.15, 0.2) is 5.82 Å². The van der Waals surface area contributed by atoms with Crippen LogP contribution in [0.2, 0.25) is 5.02 Å². The third kappa shape index (κ3) is 4.32. The molecule has 0 aliphatic rings. The molecule has 1 amide bonds. The van der Waals surface area contributed by atoms with E-state index in [4.69, 9.17) is 16.1 Å². The third-order valence-electron chi connectivity index (χ3n) is 3.59. The number of hydrogen-bond donors (Lipinski definition) is 1. The molecule has 124 valence electrons. The summed E-state index contributed by atoms with van der Waals surface area (Å²) < 4.78 is 5.45. The van der Waals surface area contributed by atoms with Crippen LogP contribution < -0.4 is 5.32 Å². The van der Waals surface area contributed by atoms with Crippen LogP contribution in [0.3, 0.4) is 0 Å². The summed E-state index contributed by atoms with van der Waals surface area (Å²) in [7, 11) is 0. The summed E-state index contributed by atoms with van der Waals surface area (Å²) in [5.74, 6) is 0.854. The van der Waals surface area contributed by atoms with Crippen LogP contribution in [0.4, 0.5) is 0 Å². The SMILES string of the molecule is CC(=O)NC(C)(C)c1noc(C(C)(C)Cc2cccc(Cl)c2)n1. The lowest BCUT2D eigenvalue weighted by molar-refractivity contribution is -0.120. The zero-order valence-electron chi connectivity index (χ0n) is 14.1. The Bertz CT molecular complexity index is 707. The maximum absolute atomic E-state index is 11.3. The number of carbonyl (C=O) groups is 1. The van der Waals surface area contributed by atoms with Gasteiger partial charge in [-0.2, -0.15) is 4.98 Å². The first-order valence-corrected chi connectivity index (χ1v) is 7.86. The Kier molecular flexibility index (Phi) is 4.80. The molecule has 0 spiro atoms. The number of rotatable bonds is 5. The van der Waals surface area contributed by atoms with Gasteiger partial charge in [-0.1, -0.05) is 42.7 Å². The Morgan fingerprint density at radius 2 is 2.00 bits per heavy atom. The molecule has 0 atom stereocenters. The molecule has 0 aliphatic heterocycles. The second kappa shape index (κ2) is 6.32. The summed E-state index contributed by atoms with van der Waals surface area (Å²) in [6, 6.07) is 7.72. The number of nitrogens with zero attached hydrogens (tertiary/aromatic N) is 2. The first-order chi connectivity index (χ1) is 10.6. The van der Waals surface area contributed by atoms with E-state index >= 15 is 0 Å². The summed E-state index contributed by atoms with van der Waals surface area (Å²) in [6.07, 6.45) is 0.718. The average Bonchev–Trinajstić information content (AvgIpc) is 2.87. The van der Waals surface area contributed by atoms with Gasteiger partial charge in [-0.25, -0.2) is 0 Å². The molecule has 0 aliphatic carbocycles. The lowest BCUT2D eigenvalue weighted by atomic mass is 9.85. The second-order valence-electron chi connectivity index (χ2n) is 6.92. The Hall–Kier alpha value is -1.88. The summed E-state index contributed by atoms with van der Waals surface area (Å²) in [6.45, 7) is 9.22. The van der Waals surface area contributed by atoms with E-state index in [-0.39, 0.29) is 11.3 Å². The number of benzene rings is 1. The minimum Gasteiger partial charge on any atom is -0.344 e. The van der Waals surface area contributed by atoms with Crippen LogP contribution in [-0.4, -0.2) is 16.0 Å². The Morgan fingerprint density at radius 1 is 1.30 bits per heavy atom. The van der Waals surface area contributed by atoms with Gasteiger partial charge in [-0.3, -0.25) is 4.79 Å². The molecule has 1 N–H and O–H groups in total. The van der Waals surface area contributed by atoms with Crippen molar-refractivity contribution in [2.75, 3.05) is 0 Å². The molecule has 0 saturated carbocycles. The summed E-state index contributed by atoms with van der Waals surface area (Å²) >= 11 is 6.04. The van der Waals surface area contributed by atoms with E-state index in [1.807, 2.05) is 52.0 Å². The maximum atomic E-state index is 11.3. The molecule has 0 bridgehead atoms. The largest absolute Gasteiger partial charge is 0.344 e. The van der Waals surface area contributed by atoms with Crippen molar-refractivity contribution in [3.05, 3.63) is 46.6 Å². The highest BCUT2D eigenvalue weighted by atomic mass is 35.5. The van der Waals surface area contributed by atoms with Crippen LogP contribution in [0.1, 0.15) is 51.9 Å². The van der Waals surface area contributed by atoms with E-state index < -0.39 is 5.54 Å². The number of nitrogens with one attached hydrogen (secondary N) is 1. The van der Waals surface area contributed by atoms with Gasteiger partial charge < -0.3 is 9.84 Å². The summed E-state index contributed by atoms with van der Waals surface area (Å²) in [5, 5.41) is 7.56. The van der Waals surface area contributed by atoms with E-state index in [0.29, 0.717) is 16.7 Å². The van der Waals surface area contributed by atoms with Crippen molar-refractivity contribution in [2.24, 2.45) is 0 Å². The van der Waals surface area contributed by atoms with Crippen molar-refractivity contribution in [3.63, 3.8) is 0 Å². The fourth-order valence-corrected chi connectivity index (χ4v) is 2.69. The molecule has 2 rings (SSSR count). The smallest absolute Gasteiger partial charge is 0.232 e. The number of halogens is 1. The van der Waals surface area contributed by atoms with Crippen LogP contribution in [0.25, 0.3) is 0 Å². The molecule has 6 heteroatoms. The zero-order chi connectivity index (χ0) is 17.3. The minimum absolute atomic E-state index is 0.139. The molecule has 0 saturated heterocycles. The summed E-state index contributed by atoms with van der Waals surface area (Å²) in [5.41, 5.74) is 0.0745. The molecular weight excluding hydrogens is 314 g/mol. The fourth-order valence-electron chi connectivity index (χ4n) is 2.48. The molecule has 5 nitrogen and oxygen atoms in total. The van der Waals surface area contributed by atoms with Gasteiger partial charge in [0.2, 0.25) is 11.8 Å². The molecule has 0 fully saturated rings. The van der Waals surface area contributed by atoms with Gasteiger partial charge in [-0.05, 0) is 38.0 Å². The van der Waals surface area contributed by atoms with E-state index in [1.54, 1.807) is 0 Å². The molecule has 0 unspecified atom stereocenters. The lowest BCUT2D eigenvalue weighted by Crippen LogP contribution is -2.40. The van der Waals surface area contributed by atoms with Crippen LogP contribution in [-0.2, 0) is 22.2 Å². The minimum atomic E-state index is -0.681. The molecule has 2 aromatic rings. The molecule has 23 heavy (non-hydrogen) atoms. The number of carbonyl (C=O) groups excluding carboxylic acids is 1. The number of amides is 1. The Labute approximate surface area is 141 Å². The second-order valence-corrected chi connectivity index (χ2v) is 7.36. The predicted octanol–water partition coefficient (Wildman–Crippen LogP) is 3.61.